The SMILES string of the molecule is CCN(C)CCCC(=O)Nc1cc(Cl)ccc1N. The van der Waals surface area contributed by atoms with Crippen LogP contribution in [0.2, 0.25) is 5.02 Å². The van der Waals surface area contributed by atoms with Gasteiger partial charge in [-0.25, -0.2) is 0 Å². The maximum absolute atomic E-state index is 11.7. The lowest BCUT2D eigenvalue weighted by molar-refractivity contribution is -0.116. The number of hydrogen-bond acceptors (Lipinski definition) is 3. The lowest BCUT2D eigenvalue weighted by atomic mass is 10.2. The van der Waals surface area contributed by atoms with E-state index in [1.54, 1.807) is 18.2 Å². The first-order chi connectivity index (χ1) is 8.52. The summed E-state index contributed by atoms with van der Waals surface area (Å²) in [5.74, 6) is -0.0338. The zero-order valence-electron chi connectivity index (χ0n) is 10.9. The van der Waals surface area contributed by atoms with Crippen LogP contribution in [0.1, 0.15) is 19.8 Å². The van der Waals surface area contributed by atoms with E-state index >= 15 is 0 Å². The normalized spacial score (nSPS) is 10.7. The van der Waals surface area contributed by atoms with E-state index in [1.165, 1.54) is 0 Å². The van der Waals surface area contributed by atoms with E-state index in [1.807, 2.05) is 7.05 Å². The second-order valence-corrected chi connectivity index (χ2v) is 4.72. The fourth-order valence-corrected chi connectivity index (χ4v) is 1.69. The minimum Gasteiger partial charge on any atom is -0.397 e. The highest BCUT2D eigenvalue weighted by atomic mass is 35.5. The van der Waals surface area contributed by atoms with E-state index in [0.717, 1.165) is 19.5 Å². The summed E-state index contributed by atoms with van der Waals surface area (Å²) in [6.45, 7) is 3.99. The van der Waals surface area contributed by atoms with Crippen LogP contribution in [0.15, 0.2) is 18.2 Å². The number of halogens is 1. The molecule has 4 nitrogen and oxygen atoms in total. The molecule has 0 saturated carbocycles. The highest BCUT2D eigenvalue weighted by Gasteiger charge is 2.06. The lowest BCUT2D eigenvalue weighted by Crippen LogP contribution is -2.21. The van der Waals surface area contributed by atoms with E-state index < -0.39 is 0 Å². The van der Waals surface area contributed by atoms with Gasteiger partial charge in [-0.15, -0.1) is 0 Å². The maximum atomic E-state index is 11.7. The number of amides is 1. The van der Waals surface area contributed by atoms with E-state index in [9.17, 15) is 4.79 Å². The van der Waals surface area contributed by atoms with Gasteiger partial charge < -0.3 is 16.0 Å². The number of benzene rings is 1. The van der Waals surface area contributed by atoms with Gasteiger partial charge in [-0.05, 0) is 44.8 Å². The third-order valence-corrected chi connectivity index (χ3v) is 3.01. The summed E-state index contributed by atoms with van der Waals surface area (Å²) in [5, 5.41) is 3.34. The molecule has 100 valence electrons. The van der Waals surface area contributed by atoms with Crippen LogP contribution in [0.3, 0.4) is 0 Å². The second-order valence-electron chi connectivity index (χ2n) is 4.28. The van der Waals surface area contributed by atoms with Crippen molar-refractivity contribution in [3.63, 3.8) is 0 Å². The smallest absolute Gasteiger partial charge is 0.224 e. The van der Waals surface area contributed by atoms with Gasteiger partial charge in [-0.2, -0.15) is 0 Å². The molecule has 3 N–H and O–H groups in total. The first kappa shape index (κ1) is 14.8. The maximum Gasteiger partial charge on any atom is 0.224 e. The lowest BCUT2D eigenvalue weighted by Gasteiger charge is -2.13. The number of rotatable bonds is 6. The van der Waals surface area contributed by atoms with Gasteiger partial charge in [-0.3, -0.25) is 4.79 Å². The Morgan fingerprint density at radius 1 is 1.50 bits per heavy atom. The number of nitrogens with two attached hydrogens (primary N) is 1. The van der Waals surface area contributed by atoms with Gasteiger partial charge in [0.15, 0.2) is 0 Å². The Morgan fingerprint density at radius 3 is 2.89 bits per heavy atom. The number of carbonyl (C=O) groups is 1. The van der Waals surface area contributed by atoms with E-state index in [0.29, 0.717) is 22.8 Å². The van der Waals surface area contributed by atoms with Gasteiger partial charge in [0, 0.05) is 11.4 Å². The number of hydrogen-bond donors (Lipinski definition) is 2. The number of nitrogen functional groups attached to an aromatic ring is 1. The third-order valence-electron chi connectivity index (χ3n) is 2.77. The molecule has 0 saturated heterocycles. The molecule has 0 heterocycles. The molecule has 0 aliphatic heterocycles. The van der Waals surface area contributed by atoms with Crippen molar-refractivity contribution in [2.24, 2.45) is 0 Å². The van der Waals surface area contributed by atoms with Crippen LogP contribution in [-0.4, -0.2) is 30.9 Å². The summed E-state index contributed by atoms with van der Waals surface area (Å²) in [6, 6.07) is 5.04. The molecule has 0 spiro atoms. The first-order valence-electron chi connectivity index (χ1n) is 6.06. The molecule has 0 radical (unpaired) electrons. The molecule has 0 bridgehead atoms. The molecular weight excluding hydrogens is 250 g/mol. The van der Waals surface area contributed by atoms with Crippen molar-refractivity contribution in [3.8, 4) is 0 Å². The van der Waals surface area contributed by atoms with Crippen LogP contribution in [-0.2, 0) is 4.79 Å². The molecule has 1 amide bonds. The monoisotopic (exact) mass is 269 g/mol. The first-order valence-corrected chi connectivity index (χ1v) is 6.44. The van der Waals surface area contributed by atoms with Gasteiger partial charge >= 0.3 is 0 Å². The third kappa shape index (κ3) is 4.94. The minimum atomic E-state index is -0.0338. The Labute approximate surface area is 113 Å². The van der Waals surface area contributed by atoms with Crippen LogP contribution in [0.25, 0.3) is 0 Å². The van der Waals surface area contributed by atoms with E-state index in [4.69, 9.17) is 17.3 Å². The minimum absolute atomic E-state index is 0.0338. The Morgan fingerprint density at radius 2 is 2.22 bits per heavy atom. The molecule has 0 fully saturated rings. The molecule has 5 heteroatoms. The Bertz CT molecular complexity index is 409. The standard InChI is InChI=1S/C13H20ClN3O/c1-3-17(2)8-4-5-13(18)16-12-9-10(14)6-7-11(12)15/h6-7,9H,3-5,8,15H2,1-2H3,(H,16,18). The molecule has 0 atom stereocenters. The summed E-state index contributed by atoms with van der Waals surface area (Å²) in [7, 11) is 2.03. The van der Waals surface area contributed by atoms with Crippen LogP contribution >= 0.6 is 11.6 Å². The molecular formula is C13H20ClN3O. The highest BCUT2D eigenvalue weighted by molar-refractivity contribution is 6.31. The number of nitrogens with one attached hydrogen (secondary N) is 1. The van der Waals surface area contributed by atoms with Gasteiger partial charge in [0.2, 0.25) is 5.91 Å². The molecule has 18 heavy (non-hydrogen) atoms. The average Bonchev–Trinajstić information content (AvgIpc) is 2.33. The van der Waals surface area contributed by atoms with Crippen LogP contribution in [0.4, 0.5) is 11.4 Å². The van der Waals surface area contributed by atoms with E-state index in [2.05, 4.69) is 17.1 Å². The van der Waals surface area contributed by atoms with Crippen LogP contribution in [0.5, 0.6) is 0 Å². The predicted octanol–water partition coefficient (Wildman–Crippen LogP) is 2.59. The quantitative estimate of drug-likeness (QED) is 0.781. The Balaban J connectivity index is 2.42. The molecule has 1 aromatic rings. The van der Waals surface area contributed by atoms with Crippen molar-refractivity contribution >= 4 is 28.9 Å². The van der Waals surface area contributed by atoms with Gasteiger partial charge in [-0.1, -0.05) is 18.5 Å². The van der Waals surface area contributed by atoms with Crippen LogP contribution in [0, 0.1) is 0 Å². The second kappa shape index (κ2) is 7.24. The van der Waals surface area contributed by atoms with Crippen molar-refractivity contribution in [1.29, 1.82) is 0 Å². The number of nitrogens with zero attached hydrogens (tertiary/aromatic N) is 1. The van der Waals surface area contributed by atoms with Crippen molar-refractivity contribution in [3.05, 3.63) is 23.2 Å². The Hall–Kier alpha value is -1.26. The molecule has 1 aromatic carbocycles. The fraction of sp³-hybridized carbons (Fsp3) is 0.462. The zero-order valence-corrected chi connectivity index (χ0v) is 11.6. The fourth-order valence-electron chi connectivity index (χ4n) is 1.52. The highest BCUT2D eigenvalue weighted by Crippen LogP contribution is 2.23. The number of anilines is 2. The average molecular weight is 270 g/mol. The summed E-state index contributed by atoms with van der Waals surface area (Å²) >= 11 is 5.85. The largest absolute Gasteiger partial charge is 0.397 e. The van der Waals surface area contributed by atoms with Crippen molar-refractivity contribution < 1.29 is 4.79 Å². The van der Waals surface area contributed by atoms with Gasteiger partial charge in [0.05, 0.1) is 11.4 Å². The van der Waals surface area contributed by atoms with Crippen molar-refractivity contribution in [1.82, 2.24) is 4.90 Å². The molecule has 0 aliphatic carbocycles. The molecule has 0 unspecified atom stereocenters. The van der Waals surface area contributed by atoms with Crippen molar-refractivity contribution in [2.75, 3.05) is 31.2 Å². The predicted molar refractivity (Wildman–Crippen MR) is 76.9 cm³/mol. The topological polar surface area (TPSA) is 58.4 Å². The van der Waals surface area contributed by atoms with Crippen LogP contribution < -0.4 is 11.1 Å². The molecule has 1 rings (SSSR count). The summed E-state index contributed by atoms with van der Waals surface area (Å²) in [6.07, 6.45) is 1.31. The van der Waals surface area contributed by atoms with E-state index in [-0.39, 0.29) is 5.91 Å². The molecule has 0 aromatic heterocycles. The Kier molecular flexibility index (Phi) is 5.95. The van der Waals surface area contributed by atoms with Gasteiger partial charge in [0.1, 0.15) is 0 Å². The van der Waals surface area contributed by atoms with Gasteiger partial charge in [0.25, 0.3) is 0 Å². The zero-order chi connectivity index (χ0) is 13.5. The summed E-state index contributed by atoms with van der Waals surface area (Å²) < 4.78 is 0. The van der Waals surface area contributed by atoms with Crippen molar-refractivity contribution in [2.45, 2.75) is 19.8 Å². The summed E-state index contributed by atoms with van der Waals surface area (Å²) in [5.41, 5.74) is 6.86. The number of carbonyl (C=O) groups excluding carboxylic acids is 1. The molecule has 0 aliphatic rings. The summed E-state index contributed by atoms with van der Waals surface area (Å²) in [4.78, 5) is 13.9.